The van der Waals surface area contributed by atoms with Gasteiger partial charge in [0.25, 0.3) is 5.69 Å². The Kier molecular flexibility index (Phi) is 6.20. The predicted octanol–water partition coefficient (Wildman–Crippen LogP) is 7.06. The first-order valence-electron chi connectivity index (χ1n) is 10.9. The maximum atomic E-state index is 12.8. The van der Waals surface area contributed by atoms with Crippen LogP contribution in [0.15, 0.2) is 65.8 Å². The zero-order chi connectivity index (χ0) is 25.3. The van der Waals surface area contributed by atoms with Crippen LogP contribution in [0.5, 0.6) is 5.75 Å². The van der Waals surface area contributed by atoms with Gasteiger partial charge in [-0.1, -0.05) is 12.2 Å². The van der Waals surface area contributed by atoms with E-state index in [0.29, 0.717) is 27.2 Å². The molecule has 4 rings (SSSR count). The summed E-state index contributed by atoms with van der Waals surface area (Å²) in [5, 5.41) is 39.9. The number of aryl methyl sites for hydroxylation is 3. The van der Waals surface area contributed by atoms with E-state index in [1.807, 2.05) is 32.1 Å². The number of aromatic hydroxyl groups is 1. The lowest BCUT2D eigenvalue weighted by molar-refractivity contribution is -0.435. The Morgan fingerprint density at radius 1 is 0.829 bits per heavy atom. The molecular weight excluding hydrogens is 444 g/mol. The smallest absolute Gasteiger partial charge is 0.269 e. The van der Waals surface area contributed by atoms with Crippen LogP contribution in [-0.4, -0.2) is 14.9 Å². The van der Waals surface area contributed by atoms with Gasteiger partial charge >= 0.3 is 0 Å². The molecule has 35 heavy (non-hydrogen) atoms. The number of hydrogen-bond donors (Lipinski definition) is 2. The number of nitrogens with zero attached hydrogens (tertiary/aromatic N) is 3. The molecule has 3 N–H and O–H groups in total. The van der Waals surface area contributed by atoms with Crippen LogP contribution < -0.4 is 5.73 Å². The molecule has 0 amide bonds. The molecule has 4 aromatic rings. The van der Waals surface area contributed by atoms with E-state index in [1.165, 1.54) is 12.1 Å². The molecule has 8 nitrogen and oxygen atoms in total. The normalized spacial score (nSPS) is 11.9. The third-order valence-electron chi connectivity index (χ3n) is 5.87. The zero-order valence-electron chi connectivity index (χ0n) is 19.5. The Bertz CT molecular complexity index is 1540. The van der Waals surface area contributed by atoms with Gasteiger partial charge in [-0.2, -0.15) is 0 Å². The van der Waals surface area contributed by atoms with Gasteiger partial charge in [0.1, 0.15) is 0 Å². The first-order valence-corrected chi connectivity index (χ1v) is 10.9. The summed E-state index contributed by atoms with van der Waals surface area (Å²) in [5.41, 5.74) is 11.0. The third kappa shape index (κ3) is 4.81. The van der Waals surface area contributed by atoms with Gasteiger partial charge in [-0.25, -0.2) is 0 Å². The molecule has 0 saturated carbocycles. The average molecular weight is 469 g/mol. The number of phenolic OH excluding ortho intramolecular Hbond substituents is 1. The molecule has 0 heterocycles. The minimum Gasteiger partial charge on any atom is -0.594 e. The van der Waals surface area contributed by atoms with Crippen LogP contribution in [0.25, 0.3) is 22.9 Å². The molecule has 8 heteroatoms. The molecular formula is C27H24N4O4. The number of phenols is 1. The molecule has 0 unspecified atom stereocenters. The second-order valence-electron chi connectivity index (χ2n) is 8.42. The number of azo groups is 1. The van der Waals surface area contributed by atoms with Crippen molar-refractivity contribution in [2.45, 2.75) is 20.8 Å². The van der Waals surface area contributed by atoms with Crippen molar-refractivity contribution < 1.29 is 14.9 Å². The van der Waals surface area contributed by atoms with Crippen molar-refractivity contribution in [1.29, 1.82) is 0 Å². The Hall–Kier alpha value is -4.72. The summed E-state index contributed by atoms with van der Waals surface area (Å²) in [6.45, 7) is 5.47. The molecule has 0 aliphatic rings. The standard InChI is InChI=1S/C27H24N4O4/c1-16-13-23(9-6-19(16)4-5-20-7-10-24(31(34)35)14-17(20)2)30(33)29-26-18(3)12-21-15-22(28)8-11-25(21)27(26)32/h4-15,32H,28H2,1-3H3. The van der Waals surface area contributed by atoms with Gasteiger partial charge in [0, 0.05) is 40.5 Å². The van der Waals surface area contributed by atoms with E-state index in [1.54, 1.807) is 49.4 Å². The molecule has 0 bridgehead atoms. The molecule has 0 spiro atoms. The second kappa shape index (κ2) is 9.26. The summed E-state index contributed by atoms with van der Waals surface area (Å²) in [6.07, 6.45) is 3.77. The van der Waals surface area contributed by atoms with Crippen molar-refractivity contribution >= 4 is 45.7 Å². The maximum absolute atomic E-state index is 12.8. The predicted molar refractivity (Wildman–Crippen MR) is 138 cm³/mol. The van der Waals surface area contributed by atoms with Gasteiger partial charge in [0.05, 0.1) is 4.92 Å². The fourth-order valence-corrected chi connectivity index (χ4v) is 3.91. The van der Waals surface area contributed by atoms with Crippen molar-refractivity contribution in [3.8, 4) is 5.75 Å². The highest BCUT2D eigenvalue weighted by Crippen LogP contribution is 2.39. The van der Waals surface area contributed by atoms with E-state index in [-0.39, 0.29) is 17.1 Å². The first kappa shape index (κ1) is 23.4. The van der Waals surface area contributed by atoms with Crippen LogP contribution in [0.2, 0.25) is 0 Å². The summed E-state index contributed by atoms with van der Waals surface area (Å²) >= 11 is 0. The van der Waals surface area contributed by atoms with E-state index in [2.05, 4.69) is 5.11 Å². The number of fused-ring (bicyclic) bond motifs is 1. The number of nitrogen functional groups attached to an aromatic ring is 1. The summed E-state index contributed by atoms with van der Waals surface area (Å²) in [4.78, 5) is 11.0. The fraction of sp³-hybridized carbons (Fsp3) is 0.111. The number of nitro benzene ring substituents is 1. The molecule has 0 aliphatic carbocycles. The summed E-state index contributed by atoms with van der Waals surface area (Å²) in [6, 6.07) is 16.9. The highest BCUT2D eigenvalue weighted by Gasteiger charge is 2.15. The Morgan fingerprint density at radius 2 is 1.43 bits per heavy atom. The summed E-state index contributed by atoms with van der Waals surface area (Å²) in [5.74, 6) is -0.0735. The second-order valence-corrected chi connectivity index (χ2v) is 8.42. The van der Waals surface area contributed by atoms with Crippen LogP contribution in [0.4, 0.5) is 22.7 Å². The number of rotatable bonds is 5. The topological polar surface area (TPSA) is 128 Å². The van der Waals surface area contributed by atoms with E-state index in [0.717, 1.165) is 27.6 Å². The minimum atomic E-state index is -0.419. The van der Waals surface area contributed by atoms with E-state index in [9.17, 15) is 20.4 Å². The van der Waals surface area contributed by atoms with Crippen LogP contribution in [0.3, 0.4) is 0 Å². The highest BCUT2D eigenvalue weighted by molar-refractivity contribution is 5.95. The van der Waals surface area contributed by atoms with Crippen molar-refractivity contribution in [3.05, 3.63) is 104 Å². The first-order chi connectivity index (χ1) is 16.6. The van der Waals surface area contributed by atoms with Gasteiger partial charge < -0.3 is 16.0 Å². The van der Waals surface area contributed by atoms with E-state index in [4.69, 9.17) is 5.73 Å². The van der Waals surface area contributed by atoms with Crippen LogP contribution in [0.1, 0.15) is 27.8 Å². The lowest BCUT2D eigenvalue weighted by Gasteiger charge is -2.09. The molecule has 0 fully saturated rings. The van der Waals surface area contributed by atoms with Crippen molar-refractivity contribution in [3.63, 3.8) is 0 Å². The summed E-state index contributed by atoms with van der Waals surface area (Å²) < 4.78 is 0. The number of anilines is 1. The highest BCUT2D eigenvalue weighted by atomic mass is 16.6. The summed E-state index contributed by atoms with van der Waals surface area (Å²) in [7, 11) is 0. The molecule has 0 atom stereocenters. The van der Waals surface area contributed by atoms with Gasteiger partial charge in [-0.3, -0.25) is 10.1 Å². The Morgan fingerprint density at radius 3 is 2.03 bits per heavy atom. The largest absolute Gasteiger partial charge is 0.594 e. The zero-order valence-corrected chi connectivity index (χ0v) is 19.5. The monoisotopic (exact) mass is 468 g/mol. The quantitative estimate of drug-likeness (QED) is 0.0809. The molecule has 0 saturated heterocycles. The molecule has 4 aromatic carbocycles. The molecule has 0 aromatic heterocycles. The number of hydrogen-bond acceptors (Lipinski definition) is 6. The van der Waals surface area contributed by atoms with Crippen molar-refractivity contribution in [2.75, 3.05) is 5.73 Å². The van der Waals surface area contributed by atoms with Gasteiger partial charge in [0.2, 0.25) is 5.69 Å². The number of benzene rings is 4. The number of nitrogens with two attached hydrogens (primary N) is 1. The minimum absolute atomic E-state index is 0.0521. The molecule has 0 aliphatic heterocycles. The number of nitro groups is 1. The van der Waals surface area contributed by atoms with E-state index >= 15 is 0 Å². The van der Waals surface area contributed by atoms with Crippen molar-refractivity contribution in [2.24, 2.45) is 5.11 Å². The van der Waals surface area contributed by atoms with Crippen molar-refractivity contribution in [1.82, 2.24) is 0 Å². The van der Waals surface area contributed by atoms with Gasteiger partial charge in [-0.15, -0.1) is 0 Å². The Labute approximate surface area is 202 Å². The fourth-order valence-electron chi connectivity index (χ4n) is 3.91. The SMILES string of the molecule is Cc1cc([N+](=O)[O-])ccc1C=Cc1ccc([N+]([O-])=Nc2c(C)cc3cc(N)ccc3c2O)cc1C. The third-order valence-corrected chi connectivity index (χ3v) is 5.87. The van der Waals surface area contributed by atoms with Gasteiger partial charge in [0.15, 0.2) is 11.4 Å². The van der Waals surface area contributed by atoms with E-state index < -0.39 is 4.92 Å². The van der Waals surface area contributed by atoms with Crippen LogP contribution >= 0.6 is 0 Å². The molecule has 176 valence electrons. The Balaban J connectivity index is 1.63. The molecule has 0 radical (unpaired) electrons. The van der Waals surface area contributed by atoms with Crippen LogP contribution in [-0.2, 0) is 0 Å². The average Bonchev–Trinajstić information content (AvgIpc) is 2.81. The maximum Gasteiger partial charge on any atom is 0.269 e. The van der Waals surface area contributed by atoms with Gasteiger partial charge in [-0.05, 0) is 95.2 Å². The van der Waals surface area contributed by atoms with Crippen LogP contribution in [0, 0.1) is 36.1 Å². The lowest BCUT2D eigenvalue weighted by Crippen LogP contribution is -1.94. The lowest BCUT2D eigenvalue weighted by atomic mass is 10.0. The number of non-ortho nitro benzene ring substituents is 1.